The summed E-state index contributed by atoms with van der Waals surface area (Å²) in [6.07, 6.45) is 2.11. The average Bonchev–Trinajstić information content (AvgIpc) is 3.17. The lowest BCUT2D eigenvalue weighted by molar-refractivity contribution is -0.113. The minimum absolute atomic E-state index is 0.0192. The monoisotopic (exact) mass is 456 g/mol. The zero-order chi connectivity index (χ0) is 21.9. The van der Waals surface area contributed by atoms with Gasteiger partial charge in [0.05, 0.1) is 5.75 Å². The van der Waals surface area contributed by atoms with Crippen LogP contribution in [0.25, 0.3) is 21.7 Å². The molecule has 1 aromatic heterocycles. The van der Waals surface area contributed by atoms with Crippen molar-refractivity contribution < 1.29 is 4.79 Å². The van der Waals surface area contributed by atoms with Crippen LogP contribution in [-0.4, -0.2) is 16.2 Å². The molecule has 1 N–H and O–H groups in total. The summed E-state index contributed by atoms with van der Waals surface area (Å²) in [6, 6.07) is 30.2. The Kier molecular flexibility index (Phi) is 5.89. The van der Waals surface area contributed by atoms with Crippen molar-refractivity contribution in [2.45, 2.75) is 11.4 Å². The molecule has 5 aromatic rings. The molecule has 1 amide bonds. The number of thioether (sulfide) groups is 1. The highest BCUT2D eigenvalue weighted by atomic mass is 35.5. The normalized spacial score (nSPS) is 11.2. The number of anilines is 1. The molecule has 4 aromatic carbocycles. The number of carbonyl (C=O) groups is 1. The maximum absolute atomic E-state index is 12.8. The molecule has 5 heteroatoms. The number of hydrogen-bond acceptors (Lipinski definition) is 2. The van der Waals surface area contributed by atoms with E-state index in [-0.39, 0.29) is 5.91 Å². The van der Waals surface area contributed by atoms with Crippen LogP contribution in [-0.2, 0) is 11.3 Å². The van der Waals surface area contributed by atoms with E-state index in [9.17, 15) is 4.79 Å². The Balaban J connectivity index is 1.35. The topological polar surface area (TPSA) is 34.0 Å². The van der Waals surface area contributed by atoms with Gasteiger partial charge in [0.25, 0.3) is 0 Å². The quantitative estimate of drug-likeness (QED) is 0.273. The standard InChI is InChI=1S/C27H21ClN2OS/c28-23-13-5-2-9-20(23)16-30-17-26(22-12-4-6-15-25(22)30)32-18-27(31)29-24-14-7-10-19-8-1-3-11-21(19)24/h1-15,17H,16,18H2,(H,29,31). The van der Waals surface area contributed by atoms with E-state index in [1.807, 2.05) is 78.9 Å². The molecule has 0 aliphatic carbocycles. The van der Waals surface area contributed by atoms with Crippen molar-refractivity contribution in [2.75, 3.05) is 11.1 Å². The van der Waals surface area contributed by atoms with E-state index in [0.29, 0.717) is 12.3 Å². The number of fused-ring (bicyclic) bond motifs is 2. The molecular formula is C27H21ClN2OS. The van der Waals surface area contributed by atoms with Crippen molar-refractivity contribution in [2.24, 2.45) is 0 Å². The van der Waals surface area contributed by atoms with Gasteiger partial charge in [0.2, 0.25) is 5.91 Å². The first-order valence-electron chi connectivity index (χ1n) is 10.4. The second kappa shape index (κ2) is 9.11. The van der Waals surface area contributed by atoms with Crippen molar-refractivity contribution >= 4 is 56.6 Å². The molecule has 5 rings (SSSR count). The van der Waals surface area contributed by atoms with Crippen LogP contribution in [0.3, 0.4) is 0 Å². The molecule has 0 aliphatic heterocycles. The molecule has 32 heavy (non-hydrogen) atoms. The number of benzene rings is 4. The van der Waals surface area contributed by atoms with E-state index in [0.717, 1.165) is 42.8 Å². The molecule has 0 spiro atoms. The van der Waals surface area contributed by atoms with Gasteiger partial charge in [0, 0.05) is 44.6 Å². The van der Waals surface area contributed by atoms with Gasteiger partial charge in [0.15, 0.2) is 0 Å². The largest absolute Gasteiger partial charge is 0.342 e. The van der Waals surface area contributed by atoms with Crippen LogP contribution in [0.4, 0.5) is 5.69 Å². The molecule has 0 aliphatic rings. The Morgan fingerprint density at radius 3 is 2.44 bits per heavy atom. The van der Waals surface area contributed by atoms with Crippen molar-refractivity contribution in [3.8, 4) is 0 Å². The van der Waals surface area contributed by atoms with Crippen LogP contribution in [0.5, 0.6) is 0 Å². The first kappa shape index (κ1) is 20.7. The Morgan fingerprint density at radius 1 is 0.844 bits per heavy atom. The molecule has 0 unspecified atom stereocenters. The average molecular weight is 457 g/mol. The molecule has 1 heterocycles. The third-order valence-electron chi connectivity index (χ3n) is 5.47. The van der Waals surface area contributed by atoms with Gasteiger partial charge in [-0.3, -0.25) is 4.79 Å². The molecule has 0 saturated carbocycles. The second-order valence-electron chi connectivity index (χ2n) is 7.59. The Morgan fingerprint density at radius 2 is 1.56 bits per heavy atom. The molecule has 0 bridgehead atoms. The summed E-state index contributed by atoms with van der Waals surface area (Å²) in [7, 11) is 0. The van der Waals surface area contributed by atoms with Gasteiger partial charge < -0.3 is 9.88 Å². The predicted molar refractivity (Wildman–Crippen MR) is 136 cm³/mol. The van der Waals surface area contributed by atoms with Gasteiger partial charge in [0.1, 0.15) is 0 Å². The number of carbonyl (C=O) groups excluding carboxylic acids is 1. The van der Waals surface area contributed by atoms with E-state index < -0.39 is 0 Å². The van der Waals surface area contributed by atoms with E-state index >= 15 is 0 Å². The second-order valence-corrected chi connectivity index (χ2v) is 9.02. The van der Waals surface area contributed by atoms with Crippen LogP contribution in [0.1, 0.15) is 5.56 Å². The van der Waals surface area contributed by atoms with Gasteiger partial charge in [-0.2, -0.15) is 0 Å². The SMILES string of the molecule is O=C(CSc1cn(Cc2ccccc2Cl)c2ccccc12)Nc1cccc2ccccc12. The summed E-state index contributed by atoms with van der Waals surface area (Å²) in [6.45, 7) is 0.683. The van der Waals surface area contributed by atoms with E-state index in [1.165, 1.54) is 0 Å². The lowest BCUT2D eigenvalue weighted by atomic mass is 10.1. The number of amides is 1. The summed E-state index contributed by atoms with van der Waals surface area (Å²) in [5.41, 5.74) is 3.04. The van der Waals surface area contributed by atoms with Gasteiger partial charge >= 0.3 is 0 Å². The smallest absolute Gasteiger partial charge is 0.234 e. The van der Waals surface area contributed by atoms with E-state index in [4.69, 9.17) is 11.6 Å². The highest BCUT2D eigenvalue weighted by Gasteiger charge is 2.13. The van der Waals surface area contributed by atoms with Crippen LogP contribution < -0.4 is 5.32 Å². The number of para-hydroxylation sites is 1. The zero-order valence-corrected chi connectivity index (χ0v) is 18.9. The third-order valence-corrected chi connectivity index (χ3v) is 6.88. The highest BCUT2D eigenvalue weighted by Crippen LogP contribution is 2.31. The van der Waals surface area contributed by atoms with E-state index in [1.54, 1.807) is 11.8 Å². The fraction of sp³-hybridized carbons (Fsp3) is 0.0741. The van der Waals surface area contributed by atoms with Crippen molar-refractivity contribution in [3.63, 3.8) is 0 Å². The minimum atomic E-state index is -0.0192. The summed E-state index contributed by atoms with van der Waals surface area (Å²) in [4.78, 5) is 13.8. The summed E-state index contributed by atoms with van der Waals surface area (Å²) in [5.74, 6) is 0.317. The number of nitrogens with zero attached hydrogens (tertiary/aromatic N) is 1. The lowest BCUT2D eigenvalue weighted by Gasteiger charge is -2.08. The Labute approximate surface area is 196 Å². The molecule has 0 atom stereocenters. The highest BCUT2D eigenvalue weighted by molar-refractivity contribution is 8.00. The van der Waals surface area contributed by atoms with Gasteiger partial charge in [-0.1, -0.05) is 84.4 Å². The minimum Gasteiger partial charge on any atom is -0.342 e. The fourth-order valence-corrected chi connectivity index (χ4v) is 5.02. The lowest BCUT2D eigenvalue weighted by Crippen LogP contribution is -2.14. The summed E-state index contributed by atoms with van der Waals surface area (Å²) < 4.78 is 2.20. The Bertz CT molecular complexity index is 1420. The van der Waals surface area contributed by atoms with Crippen molar-refractivity contribution in [1.82, 2.24) is 4.57 Å². The Hall–Kier alpha value is -3.21. The van der Waals surface area contributed by atoms with Gasteiger partial charge in [-0.25, -0.2) is 0 Å². The molecule has 0 fully saturated rings. The molecule has 0 radical (unpaired) electrons. The number of hydrogen-bond donors (Lipinski definition) is 1. The van der Waals surface area contributed by atoms with Gasteiger partial charge in [-0.15, -0.1) is 11.8 Å². The van der Waals surface area contributed by atoms with Crippen LogP contribution in [0.15, 0.2) is 102 Å². The number of rotatable bonds is 6. The third kappa shape index (κ3) is 4.24. The molecule has 158 valence electrons. The zero-order valence-electron chi connectivity index (χ0n) is 17.3. The predicted octanol–water partition coefficient (Wildman–Crippen LogP) is 7.23. The van der Waals surface area contributed by atoms with E-state index in [2.05, 4.69) is 28.2 Å². The summed E-state index contributed by atoms with van der Waals surface area (Å²) >= 11 is 7.93. The van der Waals surface area contributed by atoms with Crippen LogP contribution >= 0.6 is 23.4 Å². The van der Waals surface area contributed by atoms with Gasteiger partial charge in [-0.05, 0) is 29.1 Å². The number of aromatic nitrogens is 1. The molecular weight excluding hydrogens is 436 g/mol. The van der Waals surface area contributed by atoms with Crippen LogP contribution in [0, 0.1) is 0 Å². The number of halogens is 1. The molecule has 0 saturated heterocycles. The first-order valence-corrected chi connectivity index (χ1v) is 11.8. The fourth-order valence-electron chi connectivity index (χ4n) is 3.93. The summed E-state index contributed by atoms with van der Waals surface area (Å²) in [5, 5.41) is 7.13. The van der Waals surface area contributed by atoms with Crippen molar-refractivity contribution in [1.29, 1.82) is 0 Å². The maximum atomic E-state index is 12.8. The molecule has 3 nitrogen and oxygen atoms in total. The maximum Gasteiger partial charge on any atom is 0.234 e. The number of nitrogens with one attached hydrogen (secondary N) is 1. The van der Waals surface area contributed by atoms with Crippen molar-refractivity contribution in [3.05, 3.63) is 108 Å². The van der Waals surface area contributed by atoms with Crippen LogP contribution in [0.2, 0.25) is 5.02 Å². The first-order chi connectivity index (χ1) is 15.7.